The molecule has 0 fully saturated rings. The van der Waals surface area contributed by atoms with Gasteiger partial charge in [-0.25, -0.2) is 9.59 Å². The first kappa shape index (κ1) is 29.6. The lowest BCUT2D eigenvalue weighted by atomic mass is 9.95. The predicted octanol–water partition coefficient (Wildman–Crippen LogP) is 6.01. The average molecular weight is 596 g/mol. The maximum absolute atomic E-state index is 13.5. The lowest BCUT2D eigenvalue weighted by molar-refractivity contribution is -0.119. The van der Waals surface area contributed by atoms with Crippen molar-refractivity contribution in [1.29, 1.82) is 0 Å². The summed E-state index contributed by atoms with van der Waals surface area (Å²) >= 11 is 1.30. The highest BCUT2D eigenvalue weighted by atomic mass is 32.2. The minimum atomic E-state index is -0.675. The van der Waals surface area contributed by atoms with E-state index in [0.29, 0.717) is 34.4 Å². The molecule has 5 rings (SSSR count). The number of aryl methyl sites for hydroxylation is 1. The molecule has 1 amide bonds. The van der Waals surface area contributed by atoms with Gasteiger partial charge in [0.25, 0.3) is 0 Å². The van der Waals surface area contributed by atoms with Crippen LogP contribution in [0.1, 0.15) is 51.2 Å². The Bertz CT molecular complexity index is 1760. The summed E-state index contributed by atoms with van der Waals surface area (Å²) in [6.45, 7) is 1.42. The van der Waals surface area contributed by atoms with Crippen LogP contribution in [-0.2, 0) is 11.2 Å². The maximum atomic E-state index is 13.5. The van der Waals surface area contributed by atoms with E-state index in [1.807, 2.05) is 0 Å². The van der Waals surface area contributed by atoms with Crippen LogP contribution in [0, 0.1) is 0 Å². The van der Waals surface area contributed by atoms with Crippen LogP contribution in [0.2, 0.25) is 0 Å². The summed E-state index contributed by atoms with van der Waals surface area (Å²) < 4.78 is 17.7. The fourth-order valence-corrected chi connectivity index (χ4v) is 5.58. The summed E-state index contributed by atoms with van der Waals surface area (Å²) in [5.41, 5.74) is 2.67. The van der Waals surface area contributed by atoms with Gasteiger partial charge in [0.2, 0.25) is 11.7 Å². The van der Waals surface area contributed by atoms with Gasteiger partial charge < -0.3 is 19.5 Å². The number of carbonyl (C=O) groups excluding carboxylic acids is 3. The number of hydrogen-bond acceptors (Lipinski definition) is 8. The van der Waals surface area contributed by atoms with Crippen LogP contribution in [0.25, 0.3) is 11.1 Å². The smallest absolute Gasteiger partial charge is 0.343 e. The van der Waals surface area contributed by atoms with E-state index in [-0.39, 0.29) is 39.7 Å². The third-order valence-electron chi connectivity index (χ3n) is 7.10. The number of fused-ring (bicyclic) bond motifs is 3. The van der Waals surface area contributed by atoms with Gasteiger partial charge in [-0.05, 0) is 78.3 Å². The lowest BCUT2D eigenvalue weighted by Gasteiger charge is -2.21. The fourth-order valence-electron chi connectivity index (χ4n) is 5.12. The van der Waals surface area contributed by atoms with Gasteiger partial charge in [-0.15, -0.1) is 11.8 Å². The Hall–Kier alpha value is -4.89. The Kier molecular flexibility index (Phi) is 8.92. The van der Waals surface area contributed by atoms with Crippen molar-refractivity contribution in [3.63, 3.8) is 0 Å². The first-order chi connectivity index (χ1) is 20.8. The van der Waals surface area contributed by atoms with Crippen molar-refractivity contribution in [3.8, 4) is 28.4 Å². The first-order valence-corrected chi connectivity index (χ1v) is 14.8. The zero-order chi connectivity index (χ0) is 30.5. The molecule has 4 aromatic rings. The molecule has 0 aliphatic heterocycles. The number of thioether (sulfide) groups is 1. The van der Waals surface area contributed by atoms with Crippen molar-refractivity contribution >= 4 is 29.6 Å². The number of methoxy groups -OCH3 is 1. The minimum absolute atomic E-state index is 0.0263. The Morgan fingerprint density at radius 3 is 2.00 bits per heavy atom. The number of amides is 1. The van der Waals surface area contributed by atoms with Crippen molar-refractivity contribution in [2.75, 3.05) is 13.4 Å². The molecule has 8 nitrogen and oxygen atoms in total. The quantitative estimate of drug-likeness (QED) is 0.157. The van der Waals surface area contributed by atoms with Crippen molar-refractivity contribution in [2.45, 2.75) is 30.7 Å². The Balaban J connectivity index is 1.80. The third kappa shape index (κ3) is 6.32. The molecule has 43 heavy (non-hydrogen) atoms. The summed E-state index contributed by atoms with van der Waals surface area (Å²) in [5.74, 6) is -1.52. The number of nitrogens with one attached hydrogen (secondary N) is 1. The summed E-state index contributed by atoms with van der Waals surface area (Å²) in [6, 6.07) is 23.1. The van der Waals surface area contributed by atoms with Gasteiger partial charge in [0.15, 0.2) is 16.9 Å². The number of rotatable bonds is 7. The molecular weight excluding hydrogens is 566 g/mol. The maximum Gasteiger partial charge on any atom is 0.343 e. The second-order valence-electron chi connectivity index (χ2n) is 9.85. The number of hydrogen-bond donors (Lipinski definition) is 1. The van der Waals surface area contributed by atoms with E-state index in [4.69, 9.17) is 14.2 Å². The average Bonchev–Trinajstić information content (AvgIpc) is 3.26. The van der Waals surface area contributed by atoms with E-state index in [0.717, 1.165) is 5.56 Å². The standard InChI is InChI=1S/C34H29NO7S/c1-20(36)35-26-16-14-23-18-28(40-2)31(41-33(38)21-10-6-4-7-11-21)32(42-34(39)22-12-8-5-9-13-22)30(23)24-15-17-29(43-3)27(37)19-25(24)26/h4-13,15,17-19,26H,14,16H2,1-3H3,(H,35,36). The Morgan fingerprint density at radius 1 is 0.837 bits per heavy atom. The minimum Gasteiger partial charge on any atom is -0.493 e. The van der Waals surface area contributed by atoms with E-state index < -0.39 is 18.0 Å². The molecule has 4 aromatic carbocycles. The molecule has 0 radical (unpaired) electrons. The number of ether oxygens (including phenoxy) is 3. The van der Waals surface area contributed by atoms with E-state index >= 15 is 0 Å². The largest absolute Gasteiger partial charge is 0.493 e. The highest BCUT2D eigenvalue weighted by molar-refractivity contribution is 7.98. The monoisotopic (exact) mass is 595 g/mol. The highest BCUT2D eigenvalue weighted by Crippen LogP contribution is 2.51. The molecule has 1 N–H and O–H groups in total. The molecule has 0 bridgehead atoms. The van der Waals surface area contributed by atoms with Crippen LogP contribution in [-0.4, -0.2) is 31.2 Å². The predicted molar refractivity (Wildman–Crippen MR) is 164 cm³/mol. The second-order valence-corrected chi connectivity index (χ2v) is 10.7. The molecule has 0 aromatic heterocycles. The molecule has 1 aliphatic rings. The molecule has 1 atom stereocenters. The van der Waals surface area contributed by atoms with Gasteiger partial charge in [-0.1, -0.05) is 42.5 Å². The molecule has 0 saturated carbocycles. The zero-order valence-corrected chi connectivity index (χ0v) is 24.7. The van der Waals surface area contributed by atoms with Crippen LogP contribution in [0.5, 0.6) is 17.2 Å². The van der Waals surface area contributed by atoms with Crippen molar-refractivity contribution < 1.29 is 28.6 Å². The van der Waals surface area contributed by atoms with Gasteiger partial charge >= 0.3 is 11.9 Å². The van der Waals surface area contributed by atoms with Gasteiger partial charge in [-0.2, -0.15) is 0 Å². The fraction of sp³-hybridized carbons (Fsp3) is 0.176. The Morgan fingerprint density at radius 2 is 1.44 bits per heavy atom. The SMILES string of the molecule is COc1cc2c(c(OC(=O)c3ccccc3)c1OC(=O)c1ccccc1)-c1ccc(SC)c(=O)cc1C(NC(C)=O)CC2. The van der Waals surface area contributed by atoms with Gasteiger partial charge in [0.1, 0.15) is 0 Å². The van der Waals surface area contributed by atoms with Gasteiger partial charge in [0.05, 0.1) is 29.2 Å². The zero-order valence-electron chi connectivity index (χ0n) is 23.8. The highest BCUT2D eigenvalue weighted by Gasteiger charge is 2.32. The molecule has 218 valence electrons. The molecule has 1 aliphatic carbocycles. The summed E-state index contributed by atoms with van der Waals surface area (Å²) in [5, 5.41) is 2.97. The third-order valence-corrected chi connectivity index (χ3v) is 7.88. The van der Waals surface area contributed by atoms with Crippen molar-refractivity contribution in [3.05, 3.63) is 117 Å². The van der Waals surface area contributed by atoms with E-state index in [1.54, 1.807) is 85.1 Å². The molecular formula is C34H29NO7S. The summed E-state index contributed by atoms with van der Waals surface area (Å²) in [7, 11) is 1.43. The number of carbonyl (C=O) groups is 3. The van der Waals surface area contributed by atoms with E-state index in [2.05, 4.69) is 5.32 Å². The molecule has 0 saturated heterocycles. The van der Waals surface area contributed by atoms with Crippen molar-refractivity contribution in [1.82, 2.24) is 5.32 Å². The molecule has 1 unspecified atom stereocenters. The topological polar surface area (TPSA) is 108 Å². The van der Waals surface area contributed by atoms with E-state index in [1.165, 1.54) is 31.9 Å². The van der Waals surface area contributed by atoms with Crippen LogP contribution in [0.3, 0.4) is 0 Å². The lowest BCUT2D eigenvalue weighted by Crippen LogP contribution is -2.26. The van der Waals surface area contributed by atoms with Crippen LogP contribution in [0.4, 0.5) is 0 Å². The van der Waals surface area contributed by atoms with Crippen LogP contribution in [0.15, 0.2) is 94.6 Å². The van der Waals surface area contributed by atoms with Crippen LogP contribution < -0.4 is 25.0 Å². The summed E-state index contributed by atoms with van der Waals surface area (Å²) in [6.07, 6.45) is 2.69. The second kappa shape index (κ2) is 13.0. The Labute approximate surface area is 253 Å². The summed E-state index contributed by atoms with van der Waals surface area (Å²) in [4.78, 5) is 52.8. The van der Waals surface area contributed by atoms with Gasteiger partial charge in [-0.3, -0.25) is 9.59 Å². The van der Waals surface area contributed by atoms with Gasteiger partial charge in [0, 0.05) is 12.5 Å². The normalized spacial score (nSPS) is 13.5. The van der Waals surface area contributed by atoms with E-state index in [9.17, 15) is 19.2 Å². The number of benzene rings is 3. The first-order valence-electron chi connectivity index (χ1n) is 13.6. The molecule has 0 heterocycles. The molecule has 0 spiro atoms. The van der Waals surface area contributed by atoms with Crippen molar-refractivity contribution in [2.24, 2.45) is 0 Å². The molecule has 9 heteroatoms. The van der Waals surface area contributed by atoms with Crippen LogP contribution >= 0.6 is 11.8 Å². The number of esters is 2.